The lowest BCUT2D eigenvalue weighted by Crippen LogP contribution is -2.29. The predicted molar refractivity (Wildman–Crippen MR) is 57.3 cm³/mol. The van der Waals surface area contributed by atoms with Gasteiger partial charge in [0.1, 0.15) is 6.10 Å². The van der Waals surface area contributed by atoms with E-state index >= 15 is 0 Å². The fraction of sp³-hybridized carbons (Fsp3) is 0.917. The molecule has 0 N–H and O–H groups in total. The third-order valence-corrected chi connectivity index (χ3v) is 3.09. The Kier molecular flexibility index (Phi) is 4.59. The summed E-state index contributed by atoms with van der Waals surface area (Å²) >= 11 is 0. The zero-order valence-corrected chi connectivity index (χ0v) is 9.58. The summed E-state index contributed by atoms with van der Waals surface area (Å²) in [4.78, 5) is 11.3. The van der Waals surface area contributed by atoms with Crippen molar-refractivity contribution < 1.29 is 9.53 Å². The van der Waals surface area contributed by atoms with Crippen LogP contribution in [0.25, 0.3) is 0 Å². The van der Waals surface area contributed by atoms with Crippen molar-refractivity contribution in [2.75, 3.05) is 0 Å². The molecule has 82 valence electrons. The van der Waals surface area contributed by atoms with Crippen LogP contribution in [0.4, 0.5) is 0 Å². The van der Waals surface area contributed by atoms with Gasteiger partial charge in [0, 0.05) is 6.42 Å². The van der Waals surface area contributed by atoms with Crippen molar-refractivity contribution in [2.45, 2.75) is 65.1 Å². The van der Waals surface area contributed by atoms with Crippen LogP contribution in [0.1, 0.15) is 52.9 Å². The first-order valence-corrected chi connectivity index (χ1v) is 5.81. The quantitative estimate of drug-likeness (QED) is 0.694. The van der Waals surface area contributed by atoms with Crippen molar-refractivity contribution >= 4 is 5.78 Å². The Hall–Kier alpha value is -0.370. The Morgan fingerprint density at radius 2 is 2.21 bits per heavy atom. The van der Waals surface area contributed by atoms with Gasteiger partial charge in [-0.15, -0.1) is 0 Å². The van der Waals surface area contributed by atoms with Gasteiger partial charge in [-0.1, -0.05) is 26.7 Å². The molecule has 2 heteroatoms. The summed E-state index contributed by atoms with van der Waals surface area (Å²) in [6.07, 6.45) is 5.53. The maximum absolute atomic E-state index is 11.3. The van der Waals surface area contributed by atoms with E-state index in [-0.39, 0.29) is 11.9 Å². The first-order valence-electron chi connectivity index (χ1n) is 5.81. The van der Waals surface area contributed by atoms with Crippen molar-refractivity contribution in [1.29, 1.82) is 0 Å². The first kappa shape index (κ1) is 11.7. The number of ether oxygens (including phenoxy) is 1. The average molecular weight is 198 g/mol. The minimum atomic E-state index is -0.199. The number of hydrogen-bond donors (Lipinski definition) is 0. The molecule has 0 aliphatic heterocycles. The molecule has 0 amide bonds. The van der Waals surface area contributed by atoms with Gasteiger partial charge < -0.3 is 4.74 Å². The molecule has 0 bridgehead atoms. The van der Waals surface area contributed by atoms with Gasteiger partial charge in [0.15, 0.2) is 5.78 Å². The van der Waals surface area contributed by atoms with Crippen LogP contribution in [-0.4, -0.2) is 18.0 Å². The number of hydrogen-bond acceptors (Lipinski definition) is 2. The molecule has 0 heterocycles. The minimum absolute atomic E-state index is 0.199. The van der Waals surface area contributed by atoms with Crippen LogP contribution >= 0.6 is 0 Å². The second kappa shape index (κ2) is 5.50. The summed E-state index contributed by atoms with van der Waals surface area (Å²) in [7, 11) is 0. The number of Topliss-reactive ketones (excluding diaryl/α,β-unsaturated/α-hetero) is 1. The number of carbonyl (C=O) groups is 1. The summed E-state index contributed by atoms with van der Waals surface area (Å²) < 4.78 is 5.76. The van der Waals surface area contributed by atoms with E-state index in [0.717, 1.165) is 18.8 Å². The van der Waals surface area contributed by atoms with Crippen molar-refractivity contribution in [2.24, 2.45) is 5.92 Å². The number of carbonyl (C=O) groups excluding carboxylic acids is 1. The normalized spacial score (nSPS) is 29.9. The highest BCUT2D eigenvalue weighted by Crippen LogP contribution is 2.26. The Labute approximate surface area is 87.0 Å². The Morgan fingerprint density at radius 3 is 2.79 bits per heavy atom. The van der Waals surface area contributed by atoms with Crippen LogP contribution in [0.3, 0.4) is 0 Å². The summed E-state index contributed by atoms with van der Waals surface area (Å²) in [6.45, 7) is 6.04. The SMILES string of the molecule is CCC(=O)C(C)OC1CCCC(C)C1. The topological polar surface area (TPSA) is 26.3 Å². The van der Waals surface area contributed by atoms with Crippen LogP contribution in [-0.2, 0) is 9.53 Å². The van der Waals surface area contributed by atoms with E-state index in [4.69, 9.17) is 4.74 Å². The van der Waals surface area contributed by atoms with Gasteiger partial charge in [-0.3, -0.25) is 4.79 Å². The molecular formula is C12H22O2. The van der Waals surface area contributed by atoms with Crippen LogP contribution in [0.5, 0.6) is 0 Å². The third kappa shape index (κ3) is 3.41. The highest BCUT2D eigenvalue weighted by Gasteiger charge is 2.23. The molecule has 0 radical (unpaired) electrons. The van der Waals surface area contributed by atoms with E-state index in [9.17, 15) is 4.79 Å². The largest absolute Gasteiger partial charge is 0.368 e. The van der Waals surface area contributed by atoms with Gasteiger partial charge in [-0.2, -0.15) is 0 Å². The minimum Gasteiger partial charge on any atom is -0.368 e. The van der Waals surface area contributed by atoms with Gasteiger partial charge in [-0.25, -0.2) is 0 Å². The van der Waals surface area contributed by atoms with E-state index in [1.807, 2.05) is 13.8 Å². The lowest BCUT2D eigenvalue weighted by Gasteiger charge is -2.28. The van der Waals surface area contributed by atoms with Gasteiger partial charge in [-0.05, 0) is 25.7 Å². The average Bonchev–Trinajstić information content (AvgIpc) is 2.16. The molecule has 0 aromatic heterocycles. The molecule has 3 unspecified atom stereocenters. The fourth-order valence-electron chi connectivity index (χ4n) is 2.15. The van der Waals surface area contributed by atoms with E-state index < -0.39 is 0 Å². The van der Waals surface area contributed by atoms with Crippen LogP contribution in [0, 0.1) is 5.92 Å². The van der Waals surface area contributed by atoms with Gasteiger partial charge in [0.25, 0.3) is 0 Å². The predicted octanol–water partition coefficient (Wildman–Crippen LogP) is 2.95. The smallest absolute Gasteiger partial charge is 0.161 e. The second-order valence-electron chi connectivity index (χ2n) is 4.49. The molecule has 1 aliphatic rings. The lowest BCUT2D eigenvalue weighted by atomic mass is 9.88. The maximum Gasteiger partial charge on any atom is 0.161 e. The van der Waals surface area contributed by atoms with Crippen molar-refractivity contribution in [1.82, 2.24) is 0 Å². The zero-order valence-electron chi connectivity index (χ0n) is 9.58. The third-order valence-electron chi connectivity index (χ3n) is 3.09. The Morgan fingerprint density at radius 1 is 1.50 bits per heavy atom. The number of ketones is 1. The fourth-order valence-corrected chi connectivity index (χ4v) is 2.15. The molecule has 1 aliphatic carbocycles. The molecular weight excluding hydrogens is 176 g/mol. The number of rotatable bonds is 4. The van der Waals surface area contributed by atoms with Crippen molar-refractivity contribution in [3.8, 4) is 0 Å². The Balaban J connectivity index is 2.32. The standard InChI is InChI=1S/C12H22O2/c1-4-12(13)10(3)14-11-7-5-6-9(2)8-11/h9-11H,4-8H2,1-3H3. The van der Waals surface area contributed by atoms with Crippen LogP contribution < -0.4 is 0 Å². The van der Waals surface area contributed by atoms with Crippen molar-refractivity contribution in [3.05, 3.63) is 0 Å². The second-order valence-corrected chi connectivity index (χ2v) is 4.49. The molecule has 0 saturated heterocycles. The lowest BCUT2D eigenvalue weighted by molar-refractivity contribution is -0.134. The van der Waals surface area contributed by atoms with Gasteiger partial charge in [0.2, 0.25) is 0 Å². The summed E-state index contributed by atoms with van der Waals surface area (Å²) in [5, 5.41) is 0. The first-order chi connectivity index (χ1) is 6.63. The summed E-state index contributed by atoms with van der Waals surface area (Å²) in [5.74, 6) is 0.987. The molecule has 1 saturated carbocycles. The van der Waals surface area contributed by atoms with E-state index in [0.29, 0.717) is 12.5 Å². The molecule has 2 nitrogen and oxygen atoms in total. The highest BCUT2D eigenvalue weighted by molar-refractivity contribution is 5.82. The van der Waals surface area contributed by atoms with E-state index in [1.165, 1.54) is 12.8 Å². The maximum atomic E-state index is 11.3. The van der Waals surface area contributed by atoms with Gasteiger partial charge in [0.05, 0.1) is 6.10 Å². The van der Waals surface area contributed by atoms with Gasteiger partial charge >= 0.3 is 0 Å². The highest BCUT2D eigenvalue weighted by atomic mass is 16.5. The monoisotopic (exact) mass is 198 g/mol. The molecule has 14 heavy (non-hydrogen) atoms. The molecule has 1 rings (SSSR count). The molecule has 0 spiro atoms. The van der Waals surface area contributed by atoms with E-state index in [2.05, 4.69) is 6.92 Å². The molecule has 3 atom stereocenters. The van der Waals surface area contributed by atoms with Crippen LogP contribution in [0.2, 0.25) is 0 Å². The molecule has 0 aromatic carbocycles. The van der Waals surface area contributed by atoms with Crippen molar-refractivity contribution in [3.63, 3.8) is 0 Å². The molecule has 1 fully saturated rings. The van der Waals surface area contributed by atoms with Crippen LogP contribution in [0.15, 0.2) is 0 Å². The molecule has 0 aromatic rings. The summed E-state index contributed by atoms with van der Waals surface area (Å²) in [6, 6.07) is 0. The zero-order chi connectivity index (χ0) is 10.6. The van der Waals surface area contributed by atoms with E-state index in [1.54, 1.807) is 0 Å². The Bertz CT molecular complexity index is 189. The summed E-state index contributed by atoms with van der Waals surface area (Å²) in [5.41, 5.74) is 0.